The molecular formula is C16H20N4O2S. The van der Waals surface area contributed by atoms with E-state index in [0.717, 1.165) is 17.7 Å². The third-order valence-corrected chi connectivity index (χ3v) is 4.87. The zero-order chi connectivity index (χ0) is 16.2. The minimum Gasteiger partial charge on any atom is -0.348 e. The average molecular weight is 332 g/mol. The Morgan fingerprint density at radius 2 is 2.26 bits per heavy atom. The van der Waals surface area contributed by atoms with E-state index >= 15 is 0 Å². The number of aryl methyl sites for hydroxylation is 1. The van der Waals surface area contributed by atoms with E-state index in [-0.39, 0.29) is 11.9 Å². The van der Waals surface area contributed by atoms with E-state index in [9.17, 15) is 4.79 Å². The molecule has 1 aliphatic carbocycles. The lowest BCUT2D eigenvalue weighted by Crippen LogP contribution is -2.41. The summed E-state index contributed by atoms with van der Waals surface area (Å²) in [4.78, 5) is 17.6. The van der Waals surface area contributed by atoms with Crippen LogP contribution in [0.15, 0.2) is 33.7 Å². The van der Waals surface area contributed by atoms with Crippen molar-refractivity contribution in [3.05, 3.63) is 41.5 Å². The van der Waals surface area contributed by atoms with Gasteiger partial charge in [-0.15, -0.1) is 11.8 Å². The van der Waals surface area contributed by atoms with Gasteiger partial charge in [0, 0.05) is 17.5 Å². The molecular weight excluding hydrogens is 312 g/mol. The molecule has 1 aromatic heterocycles. The second-order valence-electron chi connectivity index (χ2n) is 5.67. The molecule has 0 aliphatic heterocycles. The summed E-state index contributed by atoms with van der Waals surface area (Å²) in [5.41, 5.74) is 6.43. The van der Waals surface area contributed by atoms with Gasteiger partial charge in [0.1, 0.15) is 0 Å². The molecule has 1 fully saturated rings. The van der Waals surface area contributed by atoms with Gasteiger partial charge in [-0.2, -0.15) is 4.98 Å². The highest BCUT2D eigenvalue weighted by atomic mass is 32.2. The first-order valence-corrected chi connectivity index (χ1v) is 8.68. The van der Waals surface area contributed by atoms with Crippen LogP contribution in [0.4, 0.5) is 0 Å². The van der Waals surface area contributed by atoms with Gasteiger partial charge in [-0.1, -0.05) is 17.3 Å². The molecule has 0 spiro atoms. The Morgan fingerprint density at radius 1 is 1.48 bits per heavy atom. The van der Waals surface area contributed by atoms with Crippen LogP contribution in [0, 0.1) is 12.8 Å². The van der Waals surface area contributed by atoms with E-state index in [4.69, 9.17) is 10.3 Å². The molecule has 3 N–H and O–H groups in total. The Balaban J connectivity index is 1.67. The molecule has 6 nitrogen and oxygen atoms in total. The zero-order valence-electron chi connectivity index (χ0n) is 13.0. The predicted octanol–water partition coefficient (Wildman–Crippen LogP) is 2.14. The largest absolute Gasteiger partial charge is 0.348 e. The van der Waals surface area contributed by atoms with Gasteiger partial charge in [0.15, 0.2) is 5.82 Å². The van der Waals surface area contributed by atoms with E-state index < -0.39 is 0 Å². The quantitative estimate of drug-likeness (QED) is 0.755. The number of nitrogens with two attached hydrogens (primary N) is 1. The first-order valence-electron chi connectivity index (χ1n) is 7.69. The fourth-order valence-corrected chi connectivity index (χ4v) is 3.32. The molecule has 122 valence electrons. The minimum absolute atomic E-state index is 0.0687. The lowest BCUT2D eigenvalue weighted by Gasteiger charge is -2.17. The van der Waals surface area contributed by atoms with Gasteiger partial charge >= 0.3 is 0 Å². The fourth-order valence-electron chi connectivity index (χ4n) is 2.43. The maximum absolute atomic E-state index is 12.6. The first kappa shape index (κ1) is 16.0. The molecule has 7 heteroatoms. The molecule has 1 unspecified atom stereocenters. The molecule has 1 saturated carbocycles. The summed E-state index contributed by atoms with van der Waals surface area (Å²) in [6.07, 6.45) is 2.30. The third kappa shape index (κ3) is 4.11. The van der Waals surface area contributed by atoms with Crippen molar-refractivity contribution in [1.29, 1.82) is 0 Å². The number of thioether (sulfide) groups is 1. The van der Waals surface area contributed by atoms with Crippen molar-refractivity contribution >= 4 is 17.7 Å². The SMILES string of the molecule is Cc1noc(CSc2ccccc2C(=O)NC(CN)C2CC2)n1. The van der Waals surface area contributed by atoms with Crippen LogP contribution in [-0.4, -0.2) is 28.6 Å². The van der Waals surface area contributed by atoms with Crippen molar-refractivity contribution < 1.29 is 9.32 Å². The molecule has 1 aliphatic rings. The van der Waals surface area contributed by atoms with Gasteiger partial charge in [-0.3, -0.25) is 4.79 Å². The number of aromatic nitrogens is 2. The minimum atomic E-state index is -0.0721. The average Bonchev–Trinajstić information content (AvgIpc) is 3.32. The smallest absolute Gasteiger partial charge is 0.252 e. The number of hydrogen-bond donors (Lipinski definition) is 2. The predicted molar refractivity (Wildman–Crippen MR) is 88.1 cm³/mol. The lowest BCUT2D eigenvalue weighted by molar-refractivity contribution is 0.0930. The maximum Gasteiger partial charge on any atom is 0.252 e. The number of benzene rings is 1. The second kappa shape index (κ2) is 7.14. The number of rotatable bonds is 7. The molecule has 1 aromatic carbocycles. The summed E-state index contributed by atoms with van der Waals surface area (Å²) in [6.45, 7) is 2.26. The molecule has 2 aromatic rings. The van der Waals surface area contributed by atoms with Crippen LogP contribution in [-0.2, 0) is 5.75 Å². The number of carbonyl (C=O) groups is 1. The monoisotopic (exact) mass is 332 g/mol. The summed E-state index contributed by atoms with van der Waals surface area (Å²) in [7, 11) is 0. The van der Waals surface area contributed by atoms with E-state index in [1.54, 1.807) is 6.92 Å². The highest BCUT2D eigenvalue weighted by molar-refractivity contribution is 7.98. The Kier molecular flexibility index (Phi) is 4.97. The Labute approximate surface area is 139 Å². The summed E-state index contributed by atoms with van der Waals surface area (Å²) in [5.74, 6) is 2.17. The van der Waals surface area contributed by atoms with Gasteiger partial charge in [0.2, 0.25) is 5.89 Å². The summed E-state index contributed by atoms with van der Waals surface area (Å²) in [6, 6.07) is 7.61. The van der Waals surface area contributed by atoms with E-state index in [2.05, 4.69) is 15.5 Å². The number of amides is 1. The standard InChI is InChI=1S/C16H20N4O2S/c1-10-18-15(22-20-10)9-23-14-5-3-2-4-12(14)16(21)19-13(8-17)11-6-7-11/h2-5,11,13H,6-9,17H2,1H3,(H,19,21). The van der Waals surface area contributed by atoms with E-state index in [1.165, 1.54) is 11.8 Å². The van der Waals surface area contributed by atoms with Crippen LogP contribution in [0.2, 0.25) is 0 Å². The normalized spacial score (nSPS) is 15.4. The van der Waals surface area contributed by atoms with Crippen LogP contribution in [0.25, 0.3) is 0 Å². The molecule has 0 bridgehead atoms. The molecule has 0 saturated heterocycles. The van der Waals surface area contributed by atoms with Crippen LogP contribution >= 0.6 is 11.8 Å². The van der Waals surface area contributed by atoms with Crippen molar-refractivity contribution in [1.82, 2.24) is 15.5 Å². The number of nitrogens with zero attached hydrogens (tertiary/aromatic N) is 2. The lowest BCUT2D eigenvalue weighted by atomic mass is 10.1. The van der Waals surface area contributed by atoms with Crippen LogP contribution in [0.1, 0.15) is 34.9 Å². The van der Waals surface area contributed by atoms with Crippen LogP contribution in [0.3, 0.4) is 0 Å². The van der Waals surface area contributed by atoms with Crippen LogP contribution in [0.5, 0.6) is 0 Å². The zero-order valence-corrected chi connectivity index (χ0v) is 13.8. The second-order valence-corrected chi connectivity index (χ2v) is 6.69. The Bertz CT molecular complexity index is 684. The molecule has 1 atom stereocenters. The highest BCUT2D eigenvalue weighted by Crippen LogP contribution is 2.32. The van der Waals surface area contributed by atoms with E-state index in [0.29, 0.717) is 35.5 Å². The molecule has 3 rings (SSSR count). The molecule has 0 radical (unpaired) electrons. The van der Waals surface area contributed by atoms with Crippen molar-refractivity contribution in [2.24, 2.45) is 11.7 Å². The van der Waals surface area contributed by atoms with Gasteiger partial charge < -0.3 is 15.6 Å². The summed E-state index contributed by atoms with van der Waals surface area (Å²) >= 11 is 1.51. The Morgan fingerprint density at radius 3 is 2.91 bits per heavy atom. The molecule has 23 heavy (non-hydrogen) atoms. The van der Waals surface area contributed by atoms with Crippen molar-refractivity contribution in [3.8, 4) is 0 Å². The summed E-state index contributed by atoms with van der Waals surface area (Å²) < 4.78 is 5.11. The number of carbonyl (C=O) groups excluding carboxylic acids is 1. The maximum atomic E-state index is 12.6. The topological polar surface area (TPSA) is 94.0 Å². The van der Waals surface area contributed by atoms with Gasteiger partial charge in [-0.25, -0.2) is 0 Å². The van der Waals surface area contributed by atoms with Crippen molar-refractivity contribution in [3.63, 3.8) is 0 Å². The van der Waals surface area contributed by atoms with Crippen molar-refractivity contribution in [2.75, 3.05) is 6.54 Å². The third-order valence-electron chi connectivity index (χ3n) is 3.81. The molecule has 1 amide bonds. The number of hydrogen-bond acceptors (Lipinski definition) is 6. The number of nitrogens with one attached hydrogen (secondary N) is 1. The van der Waals surface area contributed by atoms with Crippen molar-refractivity contribution in [2.45, 2.75) is 36.5 Å². The van der Waals surface area contributed by atoms with Gasteiger partial charge in [0.05, 0.1) is 11.3 Å². The molecule has 1 heterocycles. The first-order chi connectivity index (χ1) is 11.2. The van der Waals surface area contributed by atoms with Gasteiger partial charge in [0.25, 0.3) is 5.91 Å². The highest BCUT2D eigenvalue weighted by Gasteiger charge is 2.31. The van der Waals surface area contributed by atoms with Gasteiger partial charge in [-0.05, 0) is 37.8 Å². The van der Waals surface area contributed by atoms with Crippen LogP contribution < -0.4 is 11.1 Å². The summed E-state index contributed by atoms with van der Waals surface area (Å²) in [5, 5.41) is 6.83. The van der Waals surface area contributed by atoms with E-state index in [1.807, 2.05) is 24.3 Å². The Hall–Kier alpha value is -1.86. The fraction of sp³-hybridized carbons (Fsp3) is 0.438.